The number of benzene rings is 1. The summed E-state index contributed by atoms with van der Waals surface area (Å²) >= 11 is 0. The first-order chi connectivity index (χ1) is 10.1. The second kappa shape index (κ2) is 8.98. The van der Waals surface area contributed by atoms with Crippen LogP contribution < -0.4 is 10.1 Å². The number of halogens is 2. The monoisotopic (exact) mass is 299 g/mol. The molecule has 0 bridgehead atoms. The minimum atomic E-state index is -0.532. The molecule has 4 heteroatoms. The third-order valence-corrected chi connectivity index (χ3v) is 3.81. The van der Waals surface area contributed by atoms with Crippen molar-refractivity contribution in [3.8, 4) is 5.75 Å². The molecule has 0 aliphatic heterocycles. The number of rotatable bonds is 9. The second-order valence-corrected chi connectivity index (χ2v) is 5.38. The van der Waals surface area contributed by atoms with E-state index in [9.17, 15) is 8.78 Å². The molecular formula is C17H27F2NO. The maximum absolute atomic E-state index is 14.4. The Morgan fingerprint density at radius 1 is 1.05 bits per heavy atom. The van der Waals surface area contributed by atoms with Crippen LogP contribution in [0.5, 0.6) is 5.75 Å². The van der Waals surface area contributed by atoms with Crippen LogP contribution in [-0.4, -0.2) is 13.7 Å². The van der Waals surface area contributed by atoms with E-state index in [-0.39, 0.29) is 23.3 Å². The molecule has 0 saturated carbocycles. The van der Waals surface area contributed by atoms with E-state index in [1.165, 1.54) is 19.2 Å². The van der Waals surface area contributed by atoms with Crippen LogP contribution in [-0.2, 0) is 0 Å². The molecule has 1 atom stereocenters. The Hall–Kier alpha value is -1.16. The van der Waals surface area contributed by atoms with E-state index in [0.29, 0.717) is 6.54 Å². The Morgan fingerprint density at radius 2 is 1.57 bits per heavy atom. The Labute approximate surface area is 126 Å². The molecule has 120 valence electrons. The van der Waals surface area contributed by atoms with Gasteiger partial charge >= 0.3 is 0 Å². The predicted molar refractivity (Wildman–Crippen MR) is 82.6 cm³/mol. The Morgan fingerprint density at radius 3 is 1.95 bits per heavy atom. The summed E-state index contributed by atoms with van der Waals surface area (Å²) in [7, 11) is 1.41. The van der Waals surface area contributed by atoms with Crippen molar-refractivity contribution in [2.75, 3.05) is 13.7 Å². The fourth-order valence-electron chi connectivity index (χ4n) is 2.92. The molecule has 1 aromatic carbocycles. The quantitative estimate of drug-likeness (QED) is 0.704. The Bertz CT molecular complexity index is 408. The summed E-state index contributed by atoms with van der Waals surface area (Å²) in [4.78, 5) is 0. The van der Waals surface area contributed by atoms with E-state index in [1.54, 1.807) is 0 Å². The van der Waals surface area contributed by atoms with Crippen molar-refractivity contribution in [2.24, 2.45) is 5.92 Å². The van der Waals surface area contributed by atoms with Crippen molar-refractivity contribution in [1.29, 1.82) is 0 Å². The van der Waals surface area contributed by atoms with Gasteiger partial charge in [0.15, 0.2) is 0 Å². The molecule has 0 radical (unpaired) electrons. The smallest absolute Gasteiger partial charge is 0.134 e. The van der Waals surface area contributed by atoms with Crippen LogP contribution in [0.1, 0.15) is 58.1 Å². The minimum Gasteiger partial charge on any atom is -0.497 e. The van der Waals surface area contributed by atoms with Crippen LogP contribution in [0.4, 0.5) is 8.78 Å². The first-order valence-electron chi connectivity index (χ1n) is 7.85. The molecule has 1 aromatic rings. The average molecular weight is 299 g/mol. The lowest BCUT2D eigenvalue weighted by Gasteiger charge is -2.29. The third kappa shape index (κ3) is 4.67. The highest BCUT2D eigenvalue weighted by Gasteiger charge is 2.27. The van der Waals surface area contributed by atoms with Crippen LogP contribution in [0, 0.1) is 17.6 Å². The number of nitrogens with one attached hydrogen (secondary N) is 1. The summed E-state index contributed by atoms with van der Waals surface area (Å²) in [5.74, 6) is -0.617. The van der Waals surface area contributed by atoms with Gasteiger partial charge in [-0.2, -0.15) is 0 Å². The summed E-state index contributed by atoms with van der Waals surface area (Å²) < 4.78 is 33.6. The lowest BCUT2D eigenvalue weighted by Crippen LogP contribution is -2.30. The zero-order chi connectivity index (χ0) is 15.8. The number of hydrogen-bond donors (Lipinski definition) is 1. The van der Waals surface area contributed by atoms with E-state index in [4.69, 9.17) is 4.74 Å². The van der Waals surface area contributed by atoms with Gasteiger partial charge in [0.2, 0.25) is 0 Å². The zero-order valence-electron chi connectivity index (χ0n) is 13.5. The van der Waals surface area contributed by atoms with Crippen LogP contribution in [0.2, 0.25) is 0 Å². The fraction of sp³-hybridized carbons (Fsp3) is 0.647. The van der Waals surface area contributed by atoms with Gasteiger partial charge in [-0.15, -0.1) is 0 Å². The van der Waals surface area contributed by atoms with Gasteiger partial charge in [-0.3, -0.25) is 0 Å². The SMILES string of the molecule is CCCC(CCC)C(NCC)c1c(F)cc(OC)cc1F. The van der Waals surface area contributed by atoms with Gasteiger partial charge in [-0.1, -0.05) is 33.6 Å². The molecule has 0 amide bonds. The number of methoxy groups -OCH3 is 1. The van der Waals surface area contributed by atoms with Crippen molar-refractivity contribution in [2.45, 2.75) is 52.5 Å². The highest BCUT2D eigenvalue weighted by atomic mass is 19.1. The van der Waals surface area contributed by atoms with Crippen molar-refractivity contribution in [3.05, 3.63) is 29.3 Å². The molecule has 0 heterocycles. The maximum atomic E-state index is 14.4. The fourth-order valence-corrected chi connectivity index (χ4v) is 2.92. The summed E-state index contributed by atoms with van der Waals surface area (Å²) in [6.07, 6.45) is 3.92. The standard InChI is InChI=1S/C17H27F2NO/c1-5-8-12(9-6-2)17(20-7-3)16-14(18)10-13(21-4)11-15(16)19/h10-12,17,20H,5-9H2,1-4H3. The van der Waals surface area contributed by atoms with Crippen LogP contribution >= 0.6 is 0 Å². The topological polar surface area (TPSA) is 21.3 Å². The normalized spacial score (nSPS) is 12.7. The van der Waals surface area contributed by atoms with Crippen LogP contribution in [0.3, 0.4) is 0 Å². The molecular weight excluding hydrogens is 272 g/mol. The van der Waals surface area contributed by atoms with Gasteiger partial charge in [0.05, 0.1) is 7.11 Å². The molecule has 0 aliphatic carbocycles. The van der Waals surface area contributed by atoms with Gasteiger partial charge in [-0.05, 0) is 25.3 Å². The van der Waals surface area contributed by atoms with Gasteiger partial charge in [-0.25, -0.2) is 8.78 Å². The summed E-state index contributed by atoms with van der Waals surface area (Å²) in [5.41, 5.74) is 0.143. The lowest BCUT2D eigenvalue weighted by atomic mass is 9.85. The molecule has 0 spiro atoms. The van der Waals surface area contributed by atoms with E-state index < -0.39 is 11.6 Å². The van der Waals surface area contributed by atoms with Crippen LogP contribution in [0.25, 0.3) is 0 Å². The average Bonchev–Trinajstić information content (AvgIpc) is 2.45. The molecule has 1 unspecified atom stereocenters. The second-order valence-electron chi connectivity index (χ2n) is 5.38. The van der Waals surface area contributed by atoms with Crippen molar-refractivity contribution in [1.82, 2.24) is 5.32 Å². The number of hydrogen-bond acceptors (Lipinski definition) is 2. The highest BCUT2D eigenvalue weighted by molar-refractivity contribution is 5.33. The molecule has 1 N–H and O–H groups in total. The molecule has 0 fully saturated rings. The maximum Gasteiger partial charge on any atom is 0.134 e. The minimum absolute atomic E-state index is 0.143. The largest absolute Gasteiger partial charge is 0.497 e. The van der Waals surface area contributed by atoms with Gasteiger partial charge in [0.1, 0.15) is 17.4 Å². The van der Waals surface area contributed by atoms with Crippen molar-refractivity contribution >= 4 is 0 Å². The first-order valence-corrected chi connectivity index (χ1v) is 7.85. The molecule has 1 rings (SSSR count). The van der Waals surface area contributed by atoms with Gasteiger partial charge < -0.3 is 10.1 Å². The van der Waals surface area contributed by atoms with Crippen molar-refractivity contribution in [3.63, 3.8) is 0 Å². The van der Waals surface area contributed by atoms with E-state index >= 15 is 0 Å². The first kappa shape index (κ1) is 17.9. The van der Waals surface area contributed by atoms with E-state index in [0.717, 1.165) is 25.7 Å². The third-order valence-electron chi connectivity index (χ3n) is 3.81. The molecule has 2 nitrogen and oxygen atoms in total. The summed E-state index contributed by atoms with van der Waals surface area (Å²) in [6, 6.07) is 2.23. The summed E-state index contributed by atoms with van der Waals surface area (Å²) in [5, 5.41) is 3.27. The van der Waals surface area contributed by atoms with Gasteiger partial charge in [0.25, 0.3) is 0 Å². The Kier molecular flexibility index (Phi) is 7.65. The molecule has 21 heavy (non-hydrogen) atoms. The van der Waals surface area contributed by atoms with E-state index in [1.807, 2.05) is 6.92 Å². The van der Waals surface area contributed by atoms with Crippen molar-refractivity contribution < 1.29 is 13.5 Å². The van der Waals surface area contributed by atoms with Crippen LogP contribution in [0.15, 0.2) is 12.1 Å². The summed E-state index contributed by atoms with van der Waals surface area (Å²) in [6.45, 7) is 6.85. The zero-order valence-corrected chi connectivity index (χ0v) is 13.5. The highest BCUT2D eigenvalue weighted by Crippen LogP contribution is 2.34. The van der Waals surface area contributed by atoms with E-state index in [2.05, 4.69) is 19.2 Å². The Balaban J connectivity index is 3.20. The lowest BCUT2D eigenvalue weighted by molar-refractivity contribution is 0.303. The predicted octanol–water partition coefficient (Wildman–Crippen LogP) is 4.84. The molecule has 0 aliphatic rings. The van der Waals surface area contributed by atoms with Gasteiger partial charge in [0, 0.05) is 23.7 Å². The molecule has 0 saturated heterocycles. The number of ether oxygens (including phenoxy) is 1. The molecule has 0 aromatic heterocycles.